The molecule has 1 atom stereocenters. The highest BCUT2D eigenvalue weighted by Crippen LogP contribution is 2.29. The summed E-state index contributed by atoms with van der Waals surface area (Å²) in [6, 6.07) is 4.00. The summed E-state index contributed by atoms with van der Waals surface area (Å²) in [4.78, 5) is 22.8. The Morgan fingerprint density at radius 1 is 1.41 bits per heavy atom. The number of ketones is 1. The Labute approximate surface area is 99.4 Å². The summed E-state index contributed by atoms with van der Waals surface area (Å²) >= 11 is 0. The number of hydrogen-bond acceptors (Lipinski definition) is 4. The number of carbonyl (C=O) groups is 2. The van der Waals surface area contributed by atoms with Crippen LogP contribution in [0, 0.1) is 0 Å². The third kappa shape index (κ3) is 2.96. The zero-order valence-corrected chi connectivity index (χ0v) is 9.98. The predicted octanol–water partition coefficient (Wildman–Crippen LogP) is 1.11. The van der Waals surface area contributed by atoms with Crippen LogP contribution in [0.2, 0.25) is 0 Å². The van der Waals surface area contributed by atoms with Gasteiger partial charge in [0.05, 0.1) is 18.7 Å². The van der Waals surface area contributed by atoms with E-state index in [2.05, 4.69) is 5.32 Å². The number of phenolic OH excluding ortho intramolecular Hbond substituents is 1. The first-order valence-electron chi connectivity index (χ1n) is 5.14. The summed E-state index contributed by atoms with van der Waals surface area (Å²) in [5.41, 5.74) is 0.0810. The minimum absolute atomic E-state index is 0.0810. The van der Waals surface area contributed by atoms with Crippen molar-refractivity contribution in [2.75, 3.05) is 7.11 Å². The van der Waals surface area contributed by atoms with Gasteiger partial charge in [-0.25, -0.2) is 0 Å². The van der Waals surface area contributed by atoms with E-state index in [1.807, 2.05) is 0 Å². The predicted molar refractivity (Wildman–Crippen MR) is 62.3 cm³/mol. The molecule has 0 aliphatic heterocycles. The number of benzene rings is 1. The monoisotopic (exact) mass is 237 g/mol. The fourth-order valence-electron chi connectivity index (χ4n) is 1.25. The highest BCUT2D eigenvalue weighted by atomic mass is 16.5. The first kappa shape index (κ1) is 13.0. The molecule has 92 valence electrons. The van der Waals surface area contributed by atoms with E-state index in [1.54, 1.807) is 19.1 Å². The SMILES string of the molecule is COc1cccc(C(=O)NC(C)C(C)=O)c1O. The second-order valence-corrected chi connectivity index (χ2v) is 3.66. The lowest BCUT2D eigenvalue weighted by molar-refractivity contribution is -0.118. The Balaban J connectivity index is 2.93. The van der Waals surface area contributed by atoms with Crippen molar-refractivity contribution in [2.24, 2.45) is 0 Å². The van der Waals surface area contributed by atoms with Gasteiger partial charge < -0.3 is 15.2 Å². The molecule has 0 saturated carbocycles. The van der Waals surface area contributed by atoms with Gasteiger partial charge in [-0.05, 0) is 26.0 Å². The van der Waals surface area contributed by atoms with Crippen LogP contribution in [0.1, 0.15) is 24.2 Å². The summed E-state index contributed by atoms with van der Waals surface area (Å²) in [6.45, 7) is 2.97. The van der Waals surface area contributed by atoms with Gasteiger partial charge in [0.25, 0.3) is 5.91 Å². The molecule has 1 amide bonds. The molecular formula is C12H15NO4. The van der Waals surface area contributed by atoms with Gasteiger partial charge in [0.15, 0.2) is 17.3 Å². The Bertz CT molecular complexity index is 442. The van der Waals surface area contributed by atoms with Crippen LogP contribution in [-0.4, -0.2) is 29.9 Å². The smallest absolute Gasteiger partial charge is 0.255 e. The third-order valence-electron chi connectivity index (χ3n) is 2.42. The molecule has 0 bridgehead atoms. The highest BCUT2D eigenvalue weighted by Gasteiger charge is 2.17. The second-order valence-electron chi connectivity index (χ2n) is 3.66. The number of rotatable bonds is 4. The molecule has 0 heterocycles. The maximum Gasteiger partial charge on any atom is 0.255 e. The van der Waals surface area contributed by atoms with Gasteiger partial charge in [0, 0.05) is 0 Å². The van der Waals surface area contributed by atoms with Gasteiger partial charge in [0.2, 0.25) is 0 Å². The van der Waals surface area contributed by atoms with Crippen molar-refractivity contribution >= 4 is 11.7 Å². The average Bonchev–Trinajstić information content (AvgIpc) is 2.28. The number of para-hydroxylation sites is 1. The lowest BCUT2D eigenvalue weighted by Crippen LogP contribution is -2.37. The Morgan fingerprint density at radius 2 is 2.06 bits per heavy atom. The molecule has 5 nitrogen and oxygen atoms in total. The van der Waals surface area contributed by atoms with Gasteiger partial charge >= 0.3 is 0 Å². The number of phenols is 1. The van der Waals surface area contributed by atoms with Gasteiger partial charge in [-0.15, -0.1) is 0 Å². The molecule has 0 saturated heterocycles. The van der Waals surface area contributed by atoms with E-state index >= 15 is 0 Å². The van der Waals surface area contributed by atoms with Crippen molar-refractivity contribution in [1.29, 1.82) is 0 Å². The standard InChI is InChI=1S/C12H15NO4/c1-7(8(2)14)13-12(16)9-5-4-6-10(17-3)11(9)15/h4-7,15H,1-3H3,(H,13,16). The summed E-state index contributed by atoms with van der Waals surface area (Å²) in [5.74, 6) is -0.679. The molecule has 1 aromatic rings. The van der Waals surface area contributed by atoms with Gasteiger partial charge in [0.1, 0.15) is 0 Å². The number of amides is 1. The first-order valence-corrected chi connectivity index (χ1v) is 5.14. The molecule has 1 rings (SSSR count). The molecular weight excluding hydrogens is 222 g/mol. The van der Waals surface area contributed by atoms with Crippen LogP contribution in [0.3, 0.4) is 0 Å². The molecule has 17 heavy (non-hydrogen) atoms. The number of hydrogen-bond donors (Lipinski definition) is 2. The van der Waals surface area contributed by atoms with Crippen LogP contribution >= 0.6 is 0 Å². The van der Waals surface area contributed by atoms with E-state index in [-0.39, 0.29) is 22.8 Å². The third-order valence-corrected chi connectivity index (χ3v) is 2.42. The van der Waals surface area contributed by atoms with Crippen LogP contribution in [0.4, 0.5) is 0 Å². The van der Waals surface area contributed by atoms with Crippen molar-refractivity contribution in [3.63, 3.8) is 0 Å². The zero-order valence-electron chi connectivity index (χ0n) is 9.98. The van der Waals surface area contributed by atoms with Gasteiger partial charge in [-0.2, -0.15) is 0 Å². The topological polar surface area (TPSA) is 75.6 Å². The Kier molecular flexibility index (Phi) is 4.09. The van der Waals surface area contributed by atoms with E-state index in [4.69, 9.17) is 4.74 Å². The van der Waals surface area contributed by atoms with Crippen LogP contribution in [0.5, 0.6) is 11.5 Å². The second kappa shape index (κ2) is 5.34. The molecule has 1 aromatic carbocycles. The Hall–Kier alpha value is -2.04. The molecule has 0 radical (unpaired) electrons. The number of methoxy groups -OCH3 is 1. The number of carbonyl (C=O) groups excluding carboxylic acids is 2. The van der Waals surface area contributed by atoms with Crippen molar-refractivity contribution in [3.8, 4) is 11.5 Å². The molecule has 0 aliphatic carbocycles. The van der Waals surface area contributed by atoms with Crippen molar-refractivity contribution in [1.82, 2.24) is 5.32 Å². The maximum absolute atomic E-state index is 11.8. The van der Waals surface area contributed by atoms with E-state index in [0.717, 1.165) is 0 Å². The van der Waals surface area contributed by atoms with Crippen molar-refractivity contribution in [2.45, 2.75) is 19.9 Å². The molecule has 2 N–H and O–H groups in total. The minimum Gasteiger partial charge on any atom is -0.504 e. The molecule has 5 heteroatoms. The van der Waals surface area contributed by atoms with E-state index in [1.165, 1.54) is 20.1 Å². The molecule has 0 aromatic heterocycles. The van der Waals surface area contributed by atoms with Crippen molar-refractivity contribution < 1.29 is 19.4 Å². The summed E-state index contributed by atoms with van der Waals surface area (Å²) in [7, 11) is 1.40. The van der Waals surface area contributed by atoms with Crippen LogP contribution in [-0.2, 0) is 4.79 Å². The number of ether oxygens (including phenoxy) is 1. The molecule has 0 aliphatic rings. The van der Waals surface area contributed by atoms with Crippen LogP contribution < -0.4 is 10.1 Å². The normalized spacial score (nSPS) is 11.7. The largest absolute Gasteiger partial charge is 0.504 e. The number of aromatic hydroxyl groups is 1. The lowest BCUT2D eigenvalue weighted by Gasteiger charge is -2.12. The fraction of sp³-hybridized carbons (Fsp3) is 0.333. The summed E-state index contributed by atoms with van der Waals surface area (Å²) in [5, 5.41) is 12.2. The Morgan fingerprint density at radius 3 is 2.59 bits per heavy atom. The van der Waals surface area contributed by atoms with Gasteiger partial charge in [-0.3, -0.25) is 9.59 Å². The first-order chi connectivity index (χ1) is 7.97. The zero-order chi connectivity index (χ0) is 13.0. The van der Waals surface area contributed by atoms with E-state index < -0.39 is 11.9 Å². The van der Waals surface area contributed by atoms with E-state index in [0.29, 0.717) is 0 Å². The minimum atomic E-state index is -0.590. The van der Waals surface area contributed by atoms with Crippen molar-refractivity contribution in [3.05, 3.63) is 23.8 Å². The molecule has 0 spiro atoms. The number of Topliss-reactive ketones (excluding diaryl/α,β-unsaturated/α-hetero) is 1. The molecule has 0 fully saturated rings. The maximum atomic E-state index is 11.8. The lowest BCUT2D eigenvalue weighted by atomic mass is 10.1. The quantitative estimate of drug-likeness (QED) is 0.822. The fourth-order valence-corrected chi connectivity index (χ4v) is 1.25. The average molecular weight is 237 g/mol. The summed E-state index contributed by atoms with van der Waals surface area (Å²) < 4.78 is 4.89. The van der Waals surface area contributed by atoms with E-state index in [9.17, 15) is 14.7 Å². The van der Waals surface area contributed by atoms with Crippen LogP contribution in [0.15, 0.2) is 18.2 Å². The highest BCUT2D eigenvalue weighted by molar-refractivity contribution is 6.00. The van der Waals surface area contributed by atoms with Gasteiger partial charge in [-0.1, -0.05) is 6.07 Å². The van der Waals surface area contributed by atoms with Crippen LogP contribution in [0.25, 0.3) is 0 Å². The number of nitrogens with one attached hydrogen (secondary N) is 1. The summed E-state index contributed by atoms with van der Waals surface area (Å²) in [6.07, 6.45) is 0. The molecule has 1 unspecified atom stereocenters.